The normalized spacial score (nSPS) is 12.4. The van der Waals surface area contributed by atoms with E-state index in [9.17, 15) is 49.2 Å². The van der Waals surface area contributed by atoms with Crippen LogP contribution in [0.5, 0.6) is 5.75 Å². The van der Waals surface area contributed by atoms with Gasteiger partial charge in [-0.15, -0.1) is 23.2 Å². The lowest BCUT2D eigenvalue weighted by atomic mass is 9.81. The van der Waals surface area contributed by atoms with E-state index in [-0.39, 0.29) is 11.4 Å². The number of carboxylic acids is 4. The van der Waals surface area contributed by atoms with Gasteiger partial charge in [0.1, 0.15) is 11.8 Å². The van der Waals surface area contributed by atoms with Gasteiger partial charge < -0.3 is 35.4 Å². The van der Waals surface area contributed by atoms with E-state index in [1.165, 1.54) is 36.4 Å². The summed E-state index contributed by atoms with van der Waals surface area (Å²) in [6, 6.07) is 22.1. The van der Waals surface area contributed by atoms with Crippen LogP contribution >= 0.6 is 23.2 Å². The van der Waals surface area contributed by atoms with Gasteiger partial charge in [0.25, 0.3) is 5.91 Å². The number of para-hydroxylation sites is 1. The molecule has 0 radical (unpaired) electrons. The SMILES string of the molecule is O=C(N[C@@H](CC(Cc1ccccc1)(C(=O)O)N(C(=O)c1cc(C(=O)O)cc(C(=O)O)c1)c1ccccc1)C(=O)O)Oc1ccc(N(CCCl)CCCl)cc1. The molecule has 0 spiro atoms. The van der Waals surface area contributed by atoms with Crippen molar-refractivity contribution >= 4 is 70.5 Å². The molecule has 0 fully saturated rings. The zero-order chi connectivity index (χ0) is 39.4. The molecule has 4 rings (SSSR count). The Morgan fingerprint density at radius 3 is 1.69 bits per heavy atom. The van der Waals surface area contributed by atoms with Crippen LogP contribution in [0.1, 0.15) is 43.1 Å². The van der Waals surface area contributed by atoms with Gasteiger partial charge in [-0.1, -0.05) is 48.5 Å². The second-order valence-corrected chi connectivity index (χ2v) is 12.6. The minimum atomic E-state index is -2.52. The number of nitrogens with zero attached hydrogens (tertiary/aromatic N) is 2. The Kier molecular flexibility index (Phi) is 14.0. The first-order valence-electron chi connectivity index (χ1n) is 16.3. The number of carbonyl (C=O) groups is 6. The highest BCUT2D eigenvalue weighted by Gasteiger charge is 2.51. The number of rotatable bonds is 18. The predicted octanol–water partition coefficient (Wildman–Crippen LogP) is 5.71. The molecule has 2 atom stereocenters. The Balaban J connectivity index is 1.80. The van der Waals surface area contributed by atoms with E-state index in [1.807, 2.05) is 4.90 Å². The number of hydrogen-bond donors (Lipinski definition) is 5. The Morgan fingerprint density at radius 2 is 1.20 bits per heavy atom. The van der Waals surface area contributed by atoms with Crippen LogP contribution in [-0.2, 0) is 16.0 Å². The van der Waals surface area contributed by atoms with Crippen LogP contribution in [0, 0.1) is 0 Å². The molecule has 5 N–H and O–H groups in total. The van der Waals surface area contributed by atoms with E-state index in [0.29, 0.717) is 30.4 Å². The van der Waals surface area contributed by atoms with Gasteiger partial charge in [0.15, 0.2) is 5.54 Å². The highest BCUT2D eigenvalue weighted by atomic mass is 35.5. The molecule has 0 bridgehead atoms. The van der Waals surface area contributed by atoms with Crippen molar-refractivity contribution in [2.24, 2.45) is 0 Å². The molecule has 0 saturated carbocycles. The summed E-state index contributed by atoms with van der Waals surface area (Å²) < 4.78 is 5.35. The molecule has 1 unspecified atom stereocenters. The van der Waals surface area contributed by atoms with Crippen LogP contribution in [0.25, 0.3) is 0 Å². The first kappa shape index (κ1) is 40.6. The molecule has 4 aromatic rings. The number of nitrogens with one attached hydrogen (secondary N) is 1. The number of carbonyl (C=O) groups excluding carboxylic acids is 2. The van der Waals surface area contributed by atoms with Gasteiger partial charge in [0, 0.05) is 54.6 Å². The average molecular weight is 781 g/mol. The highest BCUT2D eigenvalue weighted by molar-refractivity contribution is 6.18. The Bertz CT molecular complexity index is 1940. The van der Waals surface area contributed by atoms with Crippen LogP contribution in [0.3, 0.4) is 0 Å². The van der Waals surface area contributed by atoms with Gasteiger partial charge in [-0.2, -0.15) is 0 Å². The van der Waals surface area contributed by atoms with Crippen LogP contribution in [0.2, 0.25) is 0 Å². The van der Waals surface area contributed by atoms with Crippen LogP contribution in [-0.4, -0.2) is 92.7 Å². The van der Waals surface area contributed by atoms with Crippen molar-refractivity contribution in [2.75, 3.05) is 34.6 Å². The zero-order valence-corrected chi connectivity index (χ0v) is 29.9. The van der Waals surface area contributed by atoms with Gasteiger partial charge in [-0.05, 0) is 60.2 Å². The number of carboxylic acid groups (broad SMARTS) is 4. The second kappa shape index (κ2) is 18.6. The number of aliphatic carboxylic acids is 2. The molecule has 0 aromatic heterocycles. The number of ether oxygens (including phenoxy) is 1. The van der Waals surface area contributed by atoms with Gasteiger partial charge in [0.05, 0.1) is 11.1 Å². The number of halogens is 2. The summed E-state index contributed by atoms with van der Waals surface area (Å²) in [6.07, 6.45) is -2.71. The molecule has 16 heteroatoms. The Morgan fingerprint density at radius 1 is 0.685 bits per heavy atom. The first-order valence-corrected chi connectivity index (χ1v) is 17.3. The van der Waals surface area contributed by atoms with E-state index >= 15 is 0 Å². The summed E-state index contributed by atoms with van der Waals surface area (Å²) >= 11 is 11.8. The minimum Gasteiger partial charge on any atom is -0.480 e. The van der Waals surface area contributed by atoms with Crippen molar-refractivity contribution in [3.63, 3.8) is 0 Å². The van der Waals surface area contributed by atoms with Crippen molar-refractivity contribution in [3.8, 4) is 5.75 Å². The molecule has 4 aromatic carbocycles. The van der Waals surface area contributed by atoms with E-state index in [0.717, 1.165) is 28.8 Å². The number of aromatic carboxylic acids is 2. The summed E-state index contributed by atoms with van der Waals surface area (Å²) in [4.78, 5) is 80.9. The van der Waals surface area contributed by atoms with Crippen molar-refractivity contribution in [1.29, 1.82) is 0 Å². The topological polar surface area (TPSA) is 211 Å². The molecule has 14 nitrogen and oxygen atoms in total. The number of hydrogen-bond acceptors (Lipinski definition) is 8. The molecular formula is C38H35Cl2N3O11. The third-order valence-electron chi connectivity index (χ3n) is 8.31. The van der Waals surface area contributed by atoms with Gasteiger partial charge >= 0.3 is 30.0 Å². The Labute approximate surface area is 319 Å². The fourth-order valence-corrected chi connectivity index (χ4v) is 6.22. The van der Waals surface area contributed by atoms with Gasteiger partial charge in [0.2, 0.25) is 0 Å². The van der Waals surface area contributed by atoms with E-state index in [2.05, 4.69) is 5.32 Å². The minimum absolute atomic E-state index is 0.0273. The summed E-state index contributed by atoms with van der Waals surface area (Å²) in [5, 5.41) is 43.1. The molecule has 0 saturated heterocycles. The van der Waals surface area contributed by atoms with Crippen molar-refractivity contribution in [3.05, 3.63) is 125 Å². The first-order chi connectivity index (χ1) is 25.8. The fraction of sp³-hybridized carbons (Fsp3) is 0.211. The second-order valence-electron chi connectivity index (χ2n) is 11.9. The smallest absolute Gasteiger partial charge is 0.413 e. The van der Waals surface area contributed by atoms with Crippen molar-refractivity contribution in [1.82, 2.24) is 5.32 Å². The largest absolute Gasteiger partial charge is 0.480 e. The lowest BCUT2D eigenvalue weighted by Crippen LogP contribution is -2.63. The number of amides is 2. The van der Waals surface area contributed by atoms with E-state index < -0.39 is 77.0 Å². The van der Waals surface area contributed by atoms with Gasteiger partial charge in [-0.25, -0.2) is 24.0 Å². The van der Waals surface area contributed by atoms with E-state index in [4.69, 9.17) is 27.9 Å². The van der Waals surface area contributed by atoms with Crippen LogP contribution < -0.4 is 19.9 Å². The van der Waals surface area contributed by atoms with Crippen molar-refractivity contribution in [2.45, 2.75) is 24.4 Å². The molecule has 54 heavy (non-hydrogen) atoms. The number of alkyl halides is 2. The molecule has 2 amide bonds. The van der Waals surface area contributed by atoms with Gasteiger partial charge in [-0.3, -0.25) is 9.69 Å². The average Bonchev–Trinajstić information content (AvgIpc) is 3.15. The maximum Gasteiger partial charge on any atom is 0.413 e. The third-order valence-corrected chi connectivity index (χ3v) is 8.65. The predicted molar refractivity (Wildman–Crippen MR) is 199 cm³/mol. The van der Waals surface area contributed by atoms with Crippen LogP contribution in [0.4, 0.5) is 16.2 Å². The fourth-order valence-electron chi connectivity index (χ4n) is 5.81. The summed E-state index contributed by atoms with van der Waals surface area (Å²) in [6.45, 7) is 0.996. The third kappa shape index (κ3) is 10.1. The van der Waals surface area contributed by atoms with Crippen LogP contribution in [0.15, 0.2) is 103 Å². The summed E-state index contributed by atoms with van der Waals surface area (Å²) in [7, 11) is 0. The monoisotopic (exact) mass is 779 g/mol. The number of anilines is 2. The molecule has 0 aliphatic carbocycles. The zero-order valence-electron chi connectivity index (χ0n) is 28.4. The maximum absolute atomic E-state index is 14.6. The lowest BCUT2D eigenvalue weighted by Gasteiger charge is -2.42. The molecule has 0 heterocycles. The summed E-state index contributed by atoms with van der Waals surface area (Å²) in [5.74, 6) is -6.93. The molecule has 0 aliphatic heterocycles. The Hall–Kier alpha value is -6.12. The molecule has 282 valence electrons. The maximum atomic E-state index is 14.6. The summed E-state index contributed by atoms with van der Waals surface area (Å²) in [5.41, 5.74) is -3.13. The van der Waals surface area contributed by atoms with Crippen molar-refractivity contribution < 1.29 is 53.9 Å². The molecule has 0 aliphatic rings. The highest BCUT2D eigenvalue weighted by Crippen LogP contribution is 2.35. The lowest BCUT2D eigenvalue weighted by molar-refractivity contribution is -0.145. The number of benzene rings is 4. The van der Waals surface area contributed by atoms with E-state index in [1.54, 1.807) is 48.5 Å². The standard InChI is InChI=1S/C38H35Cl2N3O11/c39-15-17-42(18-16-40)28-11-13-30(14-12-28)54-37(53)41-31(35(49)50)23-38(36(51)52,22-24-7-3-1-4-8-24)43(29-9-5-2-6-10-29)32(44)25-19-26(33(45)46)21-27(20-25)34(47)48/h1-14,19-21,31H,15-18,22-23H2,(H,41,53)(H,45,46)(H,47,48)(H,49,50)(H,51,52)/t31-,38?/m0/s1. The molecular weight excluding hydrogens is 745 g/mol. The quantitative estimate of drug-likeness (QED) is 0.0769.